The summed E-state index contributed by atoms with van der Waals surface area (Å²) in [6.07, 6.45) is 9.01. The van der Waals surface area contributed by atoms with Crippen LogP contribution in [0.5, 0.6) is 0 Å². The van der Waals surface area contributed by atoms with Crippen molar-refractivity contribution in [3.63, 3.8) is 0 Å². The van der Waals surface area contributed by atoms with Gasteiger partial charge in [0, 0.05) is 46.9 Å². The van der Waals surface area contributed by atoms with Crippen LogP contribution in [-0.4, -0.2) is 75.2 Å². The van der Waals surface area contributed by atoms with Gasteiger partial charge in [-0.3, -0.25) is 4.79 Å². The molecule has 6 nitrogen and oxygen atoms in total. The van der Waals surface area contributed by atoms with Crippen LogP contribution in [-0.2, 0) is 9.53 Å². The van der Waals surface area contributed by atoms with E-state index in [2.05, 4.69) is 15.2 Å². The Morgan fingerprint density at radius 2 is 2.00 bits per heavy atom. The van der Waals surface area contributed by atoms with Crippen molar-refractivity contribution < 1.29 is 9.53 Å². The summed E-state index contributed by atoms with van der Waals surface area (Å²) < 4.78 is 5.41. The molecule has 1 saturated carbocycles. The first-order chi connectivity index (χ1) is 12.1. The number of guanidine groups is 1. The highest BCUT2D eigenvalue weighted by molar-refractivity contribution is 5.85. The molecule has 6 heteroatoms. The molecule has 2 rings (SSSR count). The Kier molecular flexibility index (Phi) is 8.00. The van der Waals surface area contributed by atoms with E-state index in [1.165, 1.54) is 38.5 Å². The summed E-state index contributed by atoms with van der Waals surface area (Å²) in [5.41, 5.74) is 0.484. The van der Waals surface area contributed by atoms with E-state index in [1.807, 2.05) is 6.92 Å². The van der Waals surface area contributed by atoms with Crippen LogP contribution in [0.25, 0.3) is 0 Å². The Morgan fingerprint density at radius 1 is 1.24 bits per heavy atom. The lowest BCUT2D eigenvalue weighted by atomic mass is 9.73. The standard InChI is InChI=1S/C19H36N4O2/c1-4-25-14-8-12-20-18(21-15-17(24)22(2)3)23-13-11-19(16-23)9-6-5-7-10-19/h4-16H2,1-3H3,(H,20,21). The van der Waals surface area contributed by atoms with Gasteiger partial charge in [-0.15, -0.1) is 0 Å². The molecule has 1 aliphatic heterocycles. The van der Waals surface area contributed by atoms with Gasteiger partial charge < -0.3 is 19.9 Å². The maximum Gasteiger partial charge on any atom is 0.243 e. The summed E-state index contributed by atoms with van der Waals surface area (Å²) >= 11 is 0. The number of ether oxygens (including phenoxy) is 1. The molecule has 0 aromatic heterocycles. The molecule has 0 atom stereocenters. The van der Waals surface area contributed by atoms with Crippen LogP contribution in [0.2, 0.25) is 0 Å². The zero-order chi connectivity index (χ0) is 18.1. The van der Waals surface area contributed by atoms with Crippen molar-refractivity contribution in [1.82, 2.24) is 15.1 Å². The largest absolute Gasteiger partial charge is 0.382 e. The number of aliphatic imine (C=N–C) groups is 1. The molecule has 1 heterocycles. The van der Waals surface area contributed by atoms with Gasteiger partial charge in [0.1, 0.15) is 6.54 Å². The maximum atomic E-state index is 11.9. The van der Waals surface area contributed by atoms with Crippen molar-refractivity contribution in [3.8, 4) is 0 Å². The van der Waals surface area contributed by atoms with Crippen LogP contribution in [0, 0.1) is 5.41 Å². The van der Waals surface area contributed by atoms with Crippen LogP contribution in [0.3, 0.4) is 0 Å². The van der Waals surface area contributed by atoms with E-state index in [0.717, 1.165) is 45.2 Å². The predicted molar refractivity (Wildman–Crippen MR) is 102 cm³/mol. The molecule has 0 aromatic rings. The average Bonchev–Trinajstić information content (AvgIpc) is 3.00. The summed E-state index contributed by atoms with van der Waals surface area (Å²) in [4.78, 5) is 20.5. The quantitative estimate of drug-likeness (QED) is 0.433. The molecule has 1 saturated heterocycles. The number of likely N-dealkylation sites (tertiary alicyclic amines) is 1. The minimum atomic E-state index is 0.0418. The monoisotopic (exact) mass is 352 g/mol. The Morgan fingerprint density at radius 3 is 2.68 bits per heavy atom. The molecule has 0 aromatic carbocycles. The third-order valence-electron chi connectivity index (χ3n) is 5.47. The lowest BCUT2D eigenvalue weighted by Gasteiger charge is -2.33. The Labute approximate surface area is 153 Å². The van der Waals surface area contributed by atoms with Gasteiger partial charge in [-0.2, -0.15) is 0 Å². The van der Waals surface area contributed by atoms with Crippen molar-refractivity contribution >= 4 is 11.9 Å². The van der Waals surface area contributed by atoms with Gasteiger partial charge in [0.2, 0.25) is 5.91 Å². The van der Waals surface area contributed by atoms with Crippen LogP contribution >= 0.6 is 0 Å². The molecular formula is C19H36N4O2. The number of likely N-dealkylation sites (N-methyl/N-ethyl adjacent to an activating group) is 1. The molecule has 25 heavy (non-hydrogen) atoms. The lowest BCUT2D eigenvalue weighted by Crippen LogP contribution is -2.43. The van der Waals surface area contributed by atoms with Crippen molar-refractivity contribution in [2.45, 2.75) is 51.9 Å². The van der Waals surface area contributed by atoms with E-state index in [-0.39, 0.29) is 12.5 Å². The molecule has 1 aliphatic carbocycles. The SMILES string of the molecule is CCOCCCNC(=NCC(=O)N(C)C)N1CCC2(CCCCC2)C1. The number of carbonyl (C=O) groups excluding carboxylic acids is 1. The lowest BCUT2D eigenvalue weighted by molar-refractivity contribution is -0.127. The summed E-state index contributed by atoms with van der Waals surface area (Å²) in [6.45, 7) is 6.71. The highest BCUT2D eigenvalue weighted by atomic mass is 16.5. The smallest absolute Gasteiger partial charge is 0.243 e. The van der Waals surface area contributed by atoms with Gasteiger partial charge in [-0.1, -0.05) is 19.3 Å². The summed E-state index contributed by atoms with van der Waals surface area (Å²) in [7, 11) is 3.56. The van der Waals surface area contributed by atoms with Crippen LogP contribution in [0.4, 0.5) is 0 Å². The molecule has 1 spiro atoms. The minimum absolute atomic E-state index is 0.0418. The van der Waals surface area contributed by atoms with Crippen LogP contribution in [0.1, 0.15) is 51.9 Å². The van der Waals surface area contributed by atoms with E-state index >= 15 is 0 Å². The zero-order valence-corrected chi connectivity index (χ0v) is 16.4. The highest BCUT2D eigenvalue weighted by Gasteiger charge is 2.39. The Balaban J connectivity index is 1.93. The normalized spacial score (nSPS) is 20.1. The fourth-order valence-corrected chi connectivity index (χ4v) is 3.90. The molecule has 0 radical (unpaired) electrons. The summed E-state index contributed by atoms with van der Waals surface area (Å²) in [6, 6.07) is 0. The Hall–Kier alpha value is -1.30. The number of hydrogen-bond donors (Lipinski definition) is 1. The minimum Gasteiger partial charge on any atom is -0.382 e. The molecule has 2 aliphatic rings. The van der Waals surface area contributed by atoms with E-state index < -0.39 is 0 Å². The van der Waals surface area contributed by atoms with E-state index in [9.17, 15) is 4.79 Å². The number of nitrogens with one attached hydrogen (secondary N) is 1. The molecule has 1 N–H and O–H groups in total. The van der Waals surface area contributed by atoms with Crippen molar-refractivity contribution in [3.05, 3.63) is 0 Å². The first kappa shape index (κ1) is 20.0. The fourth-order valence-electron chi connectivity index (χ4n) is 3.90. The van der Waals surface area contributed by atoms with Gasteiger partial charge in [0.05, 0.1) is 0 Å². The molecular weight excluding hydrogens is 316 g/mol. The van der Waals surface area contributed by atoms with E-state index in [1.54, 1.807) is 19.0 Å². The maximum absolute atomic E-state index is 11.9. The van der Waals surface area contributed by atoms with Crippen molar-refractivity contribution in [2.24, 2.45) is 10.4 Å². The van der Waals surface area contributed by atoms with Crippen molar-refractivity contribution in [1.29, 1.82) is 0 Å². The third kappa shape index (κ3) is 6.17. The predicted octanol–water partition coefficient (Wildman–Crippen LogP) is 2.10. The van der Waals surface area contributed by atoms with E-state index in [0.29, 0.717) is 5.41 Å². The molecule has 0 bridgehead atoms. The second-order valence-corrected chi connectivity index (χ2v) is 7.64. The van der Waals surface area contributed by atoms with Gasteiger partial charge in [-0.25, -0.2) is 4.99 Å². The fraction of sp³-hybridized carbons (Fsp3) is 0.895. The topological polar surface area (TPSA) is 57.2 Å². The first-order valence-electron chi connectivity index (χ1n) is 9.87. The van der Waals surface area contributed by atoms with Crippen molar-refractivity contribution in [2.75, 3.05) is 53.5 Å². The molecule has 1 amide bonds. The Bertz CT molecular complexity index is 445. The molecule has 2 fully saturated rings. The summed E-state index contributed by atoms with van der Waals surface area (Å²) in [5.74, 6) is 0.939. The van der Waals surface area contributed by atoms with Crippen LogP contribution < -0.4 is 5.32 Å². The average molecular weight is 353 g/mol. The first-order valence-corrected chi connectivity index (χ1v) is 9.87. The zero-order valence-electron chi connectivity index (χ0n) is 16.4. The van der Waals surface area contributed by atoms with Gasteiger partial charge in [-0.05, 0) is 38.0 Å². The van der Waals surface area contributed by atoms with Gasteiger partial charge >= 0.3 is 0 Å². The number of hydrogen-bond acceptors (Lipinski definition) is 3. The second-order valence-electron chi connectivity index (χ2n) is 7.64. The number of rotatable bonds is 7. The van der Waals surface area contributed by atoms with Crippen LogP contribution in [0.15, 0.2) is 4.99 Å². The molecule has 0 unspecified atom stereocenters. The number of nitrogens with zero attached hydrogens (tertiary/aromatic N) is 3. The van der Waals surface area contributed by atoms with E-state index in [4.69, 9.17) is 4.74 Å². The third-order valence-corrected chi connectivity index (χ3v) is 5.47. The summed E-state index contributed by atoms with van der Waals surface area (Å²) in [5, 5.41) is 3.46. The van der Waals surface area contributed by atoms with Gasteiger partial charge in [0.25, 0.3) is 0 Å². The highest BCUT2D eigenvalue weighted by Crippen LogP contribution is 2.43. The number of carbonyl (C=O) groups is 1. The second kappa shape index (κ2) is 10.00. The molecule has 144 valence electrons. The number of amides is 1. The van der Waals surface area contributed by atoms with Gasteiger partial charge in [0.15, 0.2) is 5.96 Å².